The Morgan fingerprint density at radius 2 is 2.20 bits per heavy atom. The summed E-state index contributed by atoms with van der Waals surface area (Å²) in [4.78, 5) is 11.0. The van der Waals surface area contributed by atoms with Gasteiger partial charge in [-0.25, -0.2) is 4.79 Å². The second-order valence-corrected chi connectivity index (χ2v) is 4.00. The number of anilines is 1. The van der Waals surface area contributed by atoms with Gasteiger partial charge in [0.15, 0.2) is 5.82 Å². The van der Waals surface area contributed by atoms with Gasteiger partial charge >= 0.3 is 5.97 Å². The highest BCUT2D eigenvalue weighted by molar-refractivity contribution is 5.94. The first kappa shape index (κ1) is 10.0. The smallest absolute Gasteiger partial charge is 0.341 e. The highest BCUT2D eigenvalue weighted by atomic mass is 16.4. The maximum atomic E-state index is 11.0. The summed E-state index contributed by atoms with van der Waals surface area (Å²) in [6.45, 7) is 1.72. The number of aryl methyl sites for hydroxylation is 1. The van der Waals surface area contributed by atoms with Gasteiger partial charge in [-0.05, 0) is 19.8 Å². The lowest BCUT2D eigenvalue weighted by Crippen LogP contribution is -2.17. The summed E-state index contributed by atoms with van der Waals surface area (Å²) >= 11 is 0. The lowest BCUT2D eigenvalue weighted by Gasteiger charge is -2.11. The second-order valence-electron chi connectivity index (χ2n) is 4.00. The van der Waals surface area contributed by atoms with Gasteiger partial charge in [0, 0.05) is 11.7 Å². The molecule has 0 saturated heterocycles. The van der Waals surface area contributed by atoms with Gasteiger partial charge in [-0.1, -0.05) is 12.8 Å². The predicted molar refractivity (Wildman–Crippen MR) is 56.2 cm³/mol. The summed E-state index contributed by atoms with van der Waals surface area (Å²) in [5, 5.41) is 18.9. The Kier molecular flexibility index (Phi) is 2.62. The zero-order chi connectivity index (χ0) is 10.8. The van der Waals surface area contributed by atoms with E-state index in [1.54, 1.807) is 6.92 Å². The molecule has 2 rings (SSSR count). The minimum absolute atomic E-state index is 0.266. The lowest BCUT2D eigenvalue weighted by atomic mass is 10.2. The number of rotatable bonds is 3. The molecule has 0 bridgehead atoms. The summed E-state index contributed by atoms with van der Waals surface area (Å²) in [5.74, 6) is -0.450. The van der Waals surface area contributed by atoms with Crippen LogP contribution in [0.4, 0.5) is 5.82 Å². The van der Waals surface area contributed by atoms with Gasteiger partial charge in [0.05, 0.1) is 0 Å². The Labute approximate surface area is 87.9 Å². The first-order valence-electron chi connectivity index (χ1n) is 5.23. The molecule has 5 heteroatoms. The predicted octanol–water partition coefficient (Wildman–Crippen LogP) is 1.77. The largest absolute Gasteiger partial charge is 0.477 e. The Balaban J connectivity index is 2.16. The third-order valence-corrected chi connectivity index (χ3v) is 2.86. The van der Waals surface area contributed by atoms with E-state index in [9.17, 15) is 4.79 Å². The fourth-order valence-electron chi connectivity index (χ4n) is 2.06. The first-order valence-corrected chi connectivity index (χ1v) is 5.23. The van der Waals surface area contributed by atoms with Gasteiger partial charge in [-0.2, -0.15) is 5.10 Å². The van der Waals surface area contributed by atoms with E-state index in [1.165, 1.54) is 12.8 Å². The average molecular weight is 209 g/mol. The zero-order valence-electron chi connectivity index (χ0n) is 8.71. The van der Waals surface area contributed by atoms with E-state index in [1.807, 2.05) is 0 Å². The van der Waals surface area contributed by atoms with Crippen LogP contribution in [0, 0.1) is 6.92 Å². The van der Waals surface area contributed by atoms with Crippen molar-refractivity contribution in [3.63, 3.8) is 0 Å². The van der Waals surface area contributed by atoms with E-state index in [-0.39, 0.29) is 5.56 Å². The van der Waals surface area contributed by atoms with Crippen molar-refractivity contribution in [1.29, 1.82) is 0 Å². The molecular weight excluding hydrogens is 194 g/mol. The van der Waals surface area contributed by atoms with Crippen molar-refractivity contribution < 1.29 is 9.90 Å². The fourth-order valence-corrected chi connectivity index (χ4v) is 2.06. The fraction of sp³-hybridized carbons (Fsp3) is 0.600. The summed E-state index contributed by atoms with van der Waals surface area (Å²) in [5.41, 5.74) is 0.866. The summed E-state index contributed by atoms with van der Waals surface area (Å²) in [6.07, 6.45) is 4.63. The average Bonchev–Trinajstić information content (AvgIpc) is 2.76. The second kappa shape index (κ2) is 3.92. The van der Waals surface area contributed by atoms with Crippen molar-refractivity contribution in [3.05, 3.63) is 11.3 Å². The molecule has 1 aliphatic carbocycles. The first-order chi connectivity index (χ1) is 7.18. The molecule has 1 aliphatic rings. The number of carbonyl (C=O) groups is 1. The van der Waals surface area contributed by atoms with Gasteiger partial charge in [-0.3, -0.25) is 5.10 Å². The Morgan fingerprint density at radius 1 is 1.53 bits per heavy atom. The number of nitrogens with zero attached hydrogens (tertiary/aromatic N) is 1. The molecule has 1 heterocycles. The number of carboxylic acid groups (broad SMARTS) is 1. The SMILES string of the molecule is Cc1[nH]nc(NC2CCCC2)c1C(=O)O. The molecule has 5 nitrogen and oxygen atoms in total. The number of aromatic carboxylic acids is 1. The van der Waals surface area contributed by atoms with Crippen LogP contribution >= 0.6 is 0 Å². The molecule has 82 valence electrons. The van der Waals surface area contributed by atoms with Crippen LogP contribution in [-0.2, 0) is 0 Å². The standard InChI is InChI=1S/C10H15N3O2/c1-6-8(10(14)15)9(13-12-6)11-7-4-2-3-5-7/h7H,2-5H2,1H3,(H,14,15)(H2,11,12,13). The van der Waals surface area contributed by atoms with Gasteiger partial charge in [0.25, 0.3) is 0 Å². The van der Waals surface area contributed by atoms with Crippen LogP contribution in [-0.4, -0.2) is 27.3 Å². The van der Waals surface area contributed by atoms with E-state index in [4.69, 9.17) is 5.11 Å². The highest BCUT2D eigenvalue weighted by Crippen LogP contribution is 2.24. The van der Waals surface area contributed by atoms with Crippen LogP contribution in [0.25, 0.3) is 0 Å². The number of aromatic nitrogens is 2. The Hall–Kier alpha value is -1.52. The number of hydrogen-bond donors (Lipinski definition) is 3. The van der Waals surface area contributed by atoms with Crippen LogP contribution in [0.3, 0.4) is 0 Å². The number of carboxylic acids is 1. The molecule has 0 radical (unpaired) electrons. The van der Waals surface area contributed by atoms with Crippen LogP contribution < -0.4 is 5.32 Å². The maximum absolute atomic E-state index is 11.0. The van der Waals surface area contributed by atoms with Crippen LogP contribution in [0.5, 0.6) is 0 Å². The van der Waals surface area contributed by atoms with E-state index in [2.05, 4.69) is 15.5 Å². The number of nitrogens with one attached hydrogen (secondary N) is 2. The molecule has 0 aromatic carbocycles. The third kappa shape index (κ3) is 1.95. The van der Waals surface area contributed by atoms with Gasteiger partial charge in [0.1, 0.15) is 5.56 Å². The minimum Gasteiger partial charge on any atom is -0.477 e. The van der Waals surface area contributed by atoms with Crippen LogP contribution in [0.1, 0.15) is 41.7 Å². The molecule has 1 saturated carbocycles. The quantitative estimate of drug-likeness (QED) is 0.709. The molecule has 0 atom stereocenters. The van der Waals surface area contributed by atoms with E-state index >= 15 is 0 Å². The number of H-pyrrole nitrogens is 1. The lowest BCUT2D eigenvalue weighted by molar-refractivity contribution is 0.0697. The minimum atomic E-state index is -0.929. The molecule has 3 N–H and O–H groups in total. The molecule has 0 spiro atoms. The normalized spacial score (nSPS) is 16.9. The van der Waals surface area contributed by atoms with Crippen LogP contribution in [0.15, 0.2) is 0 Å². The van der Waals surface area contributed by atoms with Crippen molar-refractivity contribution in [3.8, 4) is 0 Å². The molecule has 0 aliphatic heterocycles. The van der Waals surface area contributed by atoms with E-state index in [0.717, 1.165) is 12.8 Å². The number of hydrogen-bond acceptors (Lipinski definition) is 3. The molecular formula is C10H15N3O2. The zero-order valence-corrected chi connectivity index (χ0v) is 8.71. The van der Waals surface area contributed by atoms with Crippen molar-refractivity contribution in [2.24, 2.45) is 0 Å². The Bertz CT molecular complexity index is 367. The van der Waals surface area contributed by atoms with Gasteiger partial charge in [-0.15, -0.1) is 0 Å². The van der Waals surface area contributed by atoms with Crippen molar-refractivity contribution >= 4 is 11.8 Å². The molecule has 1 fully saturated rings. The third-order valence-electron chi connectivity index (χ3n) is 2.86. The van der Waals surface area contributed by atoms with Crippen molar-refractivity contribution in [2.75, 3.05) is 5.32 Å². The van der Waals surface area contributed by atoms with Gasteiger partial charge < -0.3 is 10.4 Å². The molecule has 0 unspecified atom stereocenters. The summed E-state index contributed by atoms with van der Waals surface area (Å²) in [6, 6.07) is 0.380. The summed E-state index contributed by atoms with van der Waals surface area (Å²) in [7, 11) is 0. The number of aromatic amines is 1. The van der Waals surface area contributed by atoms with E-state index < -0.39 is 5.97 Å². The van der Waals surface area contributed by atoms with Crippen molar-refractivity contribution in [2.45, 2.75) is 38.6 Å². The molecule has 0 amide bonds. The highest BCUT2D eigenvalue weighted by Gasteiger charge is 2.21. The van der Waals surface area contributed by atoms with Crippen LogP contribution in [0.2, 0.25) is 0 Å². The Morgan fingerprint density at radius 3 is 2.80 bits per heavy atom. The maximum Gasteiger partial charge on any atom is 0.341 e. The molecule has 1 aromatic rings. The molecule has 1 aromatic heterocycles. The van der Waals surface area contributed by atoms with Crippen molar-refractivity contribution in [1.82, 2.24) is 10.2 Å². The topological polar surface area (TPSA) is 78.0 Å². The molecule has 15 heavy (non-hydrogen) atoms. The monoisotopic (exact) mass is 209 g/mol. The van der Waals surface area contributed by atoms with Gasteiger partial charge in [0.2, 0.25) is 0 Å². The van der Waals surface area contributed by atoms with E-state index in [0.29, 0.717) is 17.6 Å². The summed E-state index contributed by atoms with van der Waals surface area (Å²) < 4.78 is 0.